The zero-order valence-electron chi connectivity index (χ0n) is 9.40. The highest BCUT2D eigenvalue weighted by molar-refractivity contribution is 14.1. The maximum absolute atomic E-state index is 12.9. The molecule has 0 saturated carbocycles. The lowest BCUT2D eigenvalue weighted by molar-refractivity contribution is 0.599. The lowest BCUT2D eigenvalue weighted by Crippen LogP contribution is -2.14. The Morgan fingerprint density at radius 3 is 2.47 bits per heavy atom. The molecular weight excluding hydrogens is 404 g/mol. The van der Waals surface area contributed by atoms with Crippen molar-refractivity contribution in [1.82, 2.24) is 0 Å². The number of para-hydroxylation sites is 1. The van der Waals surface area contributed by atoms with Gasteiger partial charge >= 0.3 is 0 Å². The van der Waals surface area contributed by atoms with Crippen LogP contribution in [0.5, 0.6) is 0 Å². The van der Waals surface area contributed by atoms with Crippen molar-refractivity contribution in [3.8, 4) is 0 Å². The molecule has 0 aromatic heterocycles. The third-order valence-corrected chi connectivity index (χ3v) is 5.09. The Kier molecular flexibility index (Phi) is 4.32. The second-order valence-corrected chi connectivity index (χ2v) is 6.88. The van der Waals surface area contributed by atoms with Gasteiger partial charge in [-0.15, -0.1) is 0 Å². The maximum atomic E-state index is 12.9. The topological polar surface area (TPSA) is 46.2 Å². The Hall–Kier alpha value is -0.860. The van der Waals surface area contributed by atoms with Crippen molar-refractivity contribution >= 4 is 49.9 Å². The molecule has 19 heavy (non-hydrogen) atoms. The molecule has 2 aromatic carbocycles. The molecule has 0 aliphatic rings. The van der Waals surface area contributed by atoms with Crippen molar-refractivity contribution in [1.29, 1.82) is 0 Å². The Balaban J connectivity index is 2.41. The predicted molar refractivity (Wildman–Crippen MR) is 81.4 cm³/mol. The zero-order chi connectivity index (χ0) is 14.0. The molecule has 0 aliphatic carbocycles. The minimum absolute atomic E-state index is 0.154. The lowest BCUT2D eigenvalue weighted by Gasteiger charge is -2.10. The molecule has 0 radical (unpaired) electrons. The summed E-state index contributed by atoms with van der Waals surface area (Å²) in [7, 11) is -3.84. The molecular formula is C12H8ClFINO2S. The fourth-order valence-corrected chi connectivity index (χ4v) is 3.75. The molecule has 0 fully saturated rings. The first kappa shape index (κ1) is 14.5. The Morgan fingerprint density at radius 1 is 1.16 bits per heavy atom. The molecule has 0 amide bonds. The highest BCUT2D eigenvalue weighted by Crippen LogP contribution is 2.26. The van der Waals surface area contributed by atoms with Crippen LogP contribution in [0.3, 0.4) is 0 Å². The molecule has 0 saturated heterocycles. The van der Waals surface area contributed by atoms with Crippen LogP contribution < -0.4 is 4.72 Å². The summed E-state index contributed by atoms with van der Waals surface area (Å²) in [6.07, 6.45) is 0. The van der Waals surface area contributed by atoms with Gasteiger partial charge in [0.15, 0.2) is 0 Å². The molecule has 0 spiro atoms. The first-order chi connectivity index (χ1) is 8.90. The highest BCUT2D eigenvalue weighted by Gasteiger charge is 2.19. The first-order valence-corrected chi connectivity index (χ1v) is 8.06. The maximum Gasteiger partial charge on any atom is 0.263 e. The van der Waals surface area contributed by atoms with Crippen LogP contribution in [0.15, 0.2) is 47.4 Å². The summed E-state index contributed by atoms with van der Waals surface area (Å²) in [5.74, 6) is -0.585. The summed E-state index contributed by atoms with van der Waals surface area (Å²) >= 11 is 7.77. The lowest BCUT2D eigenvalue weighted by atomic mass is 10.3. The average Bonchev–Trinajstić information content (AvgIpc) is 2.31. The summed E-state index contributed by atoms with van der Waals surface area (Å²) < 4.78 is 40.4. The smallest absolute Gasteiger partial charge is 0.263 e. The van der Waals surface area contributed by atoms with Gasteiger partial charge in [-0.1, -0.05) is 23.7 Å². The van der Waals surface area contributed by atoms with Gasteiger partial charge in [-0.3, -0.25) is 4.72 Å². The molecule has 0 bridgehead atoms. The number of hydrogen-bond acceptors (Lipinski definition) is 2. The minimum atomic E-state index is -3.84. The second-order valence-electron chi connectivity index (χ2n) is 3.66. The van der Waals surface area contributed by atoms with Gasteiger partial charge in [-0.25, -0.2) is 12.8 Å². The number of nitrogens with one attached hydrogen (secondary N) is 1. The van der Waals surface area contributed by atoms with Crippen LogP contribution in [0.25, 0.3) is 0 Å². The Morgan fingerprint density at radius 2 is 1.84 bits per heavy atom. The van der Waals surface area contributed by atoms with Gasteiger partial charge in [0.25, 0.3) is 10.0 Å². The number of rotatable bonds is 3. The van der Waals surface area contributed by atoms with Crippen molar-refractivity contribution in [2.45, 2.75) is 4.90 Å². The molecule has 7 heteroatoms. The summed E-state index contributed by atoms with van der Waals surface area (Å²) in [6, 6.07) is 10.1. The van der Waals surface area contributed by atoms with E-state index in [9.17, 15) is 12.8 Å². The van der Waals surface area contributed by atoms with Crippen LogP contribution in [-0.4, -0.2) is 8.42 Å². The van der Waals surface area contributed by atoms with Crippen LogP contribution in [0.4, 0.5) is 10.1 Å². The minimum Gasteiger partial charge on any atom is -0.279 e. The fourth-order valence-electron chi connectivity index (χ4n) is 1.44. The van der Waals surface area contributed by atoms with E-state index < -0.39 is 15.8 Å². The monoisotopic (exact) mass is 411 g/mol. The molecule has 0 atom stereocenters. The van der Waals surface area contributed by atoms with Crippen molar-refractivity contribution in [3.05, 3.63) is 56.9 Å². The van der Waals surface area contributed by atoms with Gasteiger partial charge in [0.05, 0.1) is 10.7 Å². The van der Waals surface area contributed by atoms with Crippen molar-refractivity contribution < 1.29 is 12.8 Å². The standard InChI is InChI=1S/C12H8ClFINO2S/c13-9-7-8(14)5-6-12(9)19(17,18)16-11-4-2-1-3-10(11)15/h1-7,16H. The molecule has 2 aromatic rings. The molecule has 0 heterocycles. The summed E-state index contributed by atoms with van der Waals surface area (Å²) in [5, 5.41) is -0.154. The van der Waals surface area contributed by atoms with Crippen LogP contribution in [-0.2, 0) is 10.0 Å². The van der Waals surface area contributed by atoms with E-state index in [2.05, 4.69) is 4.72 Å². The Bertz CT molecular complexity index is 721. The number of sulfonamides is 1. The van der Waals surface area contributed by atoms with E-state index >= 15 is 0 Å². The average molecular weight is 412 g/mol. The predicted octanol–water partition coefficient (Wildman–Crippen LogP) is 3.88. The van der Waals surface area contributed by atoms with E-state index in [-0.39, 0.29) is 9.92 Å². The quantitative estimate of drug-likeness (QED) is 0.779. The zero-order valence-corrected chi connectivity index (χ0v) is 13.1. The molecule has 3 nitrogen and oxygen atoms in total. The van der Waals surface area contributed by atoms with E-state index in [0.29, 0.717) is 5.69 Å². The van der Waals surface area contributed by atoms with E-state index in [1.54, 1.807) is 24.3 Å². The van der Waals surface area contributed by atoms with Gasteiger partial charge in [0.2, 0.25) is 0 Å². The van der Waals surface area contributed by atoms with E-state index in [0.717, 1.165) is 21.8 Å². The van der Waals surface area contributed by atoms with Crippen molar-refractivity contribution in [2.75, 3.05) is 4.72 Å². The number of anilines is 1. The fraction of sp³-hybridized carbons (Fsp3) is 0. The van der Waals surface area contributed by atoms with Gasteiger partial charge in [0.1, 0.15) is 10.7 Å². The van der Waals surface area contributed by atoms with Crippen LogP contribution >= 0.6 is 34.2 Å². The summed E-state index contributed by atoms with van der Waals surface area (Å²) in [4.78, 5) is -0.157. The number of hydrogen-bond donors (Lipinski definition) is 1. The van der Waals surface area contributed by atoms with E-state index in [4.69, 9.17) is 11.6 Å². The van der Waals surface area contributed by atoms with E-state index in [1.165, 1.54) is 0 Å². The summed E-state index contributed by atoms with van der Waals surface area (Å²) in [5.41, 5.74) is 0.448. The van der Waals surface area contributed by atoms with Crippen molar-refractivity contribution in [3.63, 3.8) is 0 Å². The molecule has 1 N–H and O–H groups in total. The number of halogens is 3. The van der Waals surface area contributed by atoms with Crippen molar-refractivity contribution in [2.24, 2.45) is 0 Å². The highest BCUT2D eigenvalue weighted by atomic mass is 127. The first-order valence-electron chi connectivity index (χ1n) is 5.12. The molecule has 100 valence electrons. The second kappa shape index (κ2) is 5.64. The largest absolute Gasteiger partial charge is 0.279 e. The third kappa shape index (κ3) is 3.37. The third-order valence-electron chi connectivity index (χ3n) is 2.30. The van der Waals surface area contributed by atoms with Crippen LogP contribution in [0.2, 0.25) is 5.02 Å². The van der Waals surface area contributed by atoms with Gasteiger partial charge < -0.3 is 0 Å². The number of benzene rings is 2. The molecule has 0 unspecified atom stereocenters. The van der Waals surface area contributed by atoms with Crippen LogP contribution in [0.1, 0.15) is 0 Å². The van der Waals surface area contributed by atoms with Gasteiger partial charge in [-0.2, -0.15) is 0 Å². The van der Waals surface area contributed by atoms with E-state index in [1.807, 2.05) is 22.6 Å². The van der Waals surface area contributed by atoms with Gasteiger partial charge in [0, 0.05) is 3.57 Å². The molecule has 0 aliphatic heterocycles. The molecule has 2 rings (SSSR count). The van der Waals surface area contributed by atoms with Crippen LogP contribution in [0, 0.1) is 9.39 Å². The normalized spacial score (nSPS) is 11.3. The van der Waals surface area contributed by atoms with Gasteiger partial charge in [-0.05, 0) is 52.9 Å². The SMILES string of the molecule is O=S(=O)(Nc1ccccc1I)c1ccc(F)cc1Cl. The Labute approximate surface area is 129 Å². The summed E-state index contributed by atoms with van der Waals surface area (Å²) in [6.45, 7) is 0.